The number of nitrogens with one attached hydrogen (secondary N) is 2. The van der Waals surface area contributed by atoms with E-state index in [1.165, 1.54) is 29.3 Å². The number of carbonyl (C=O) groups excluding carboxylic acids is 2. The van der Waals surface area contributed by atoms with Gasteiger partial charge in [-0.25, -0.2) is 4.39 Å². The largest absolute Gasteiger partial charge is 0.326 e. The Kier molecular flexibility index (Phi) is 5.89. The molecular weight excluding hydrogens is 379 g/mol. The number of fused-ring (bicyclic) bond motifs is 1. The zero-order valence-corrected chi connectivity index (χ0v) is 16.5. The van der Waals surface area contributed by atoms with Crippen molar-refractivity contribution in [2.45, 2.75) is 31.6 Å². The summed E-state index contributed by atoms with van der Waals surface area (Å²) in [5.41, 5.74) is 3.90. The molecule has 4 rings (SSSR count). The van der Waals surface area contributed by atoms with Crippen molar-refractivity contribution in [3.8, 4) is 0 Å². The first-order valence-electron chi connectivity index (χ1n) is 10.1. The van der Waals surface area contributed by atoms with E-state index in [4.69, 9.17) is 0 Å². The molecule has 4 nitrogen and oxygen atoms in total. The Bertz CT molecular complexity index is 1070. The second-order valence-electron chi connectivity index (χ2n) is 7.59. The van der Waals surface area contributed by atoms with Crippen molar-refractivity contribution in [2.24, 2.45) is 0 Å². The molecule has 0 aromatic heterocycles. The summed E-state index contributed by atoms with van der Waals surface area (Å²) in [7, 11) is 0. The number of aryl methyl sites for hydroxylation is 1. The van der Waals surface area contributed by atoms with Gasteiger partial charge in [-0.15, -0.1) is 0 Å². The average Bonchev–Trinajstić information content (AvgIpc) is 3.14. The molecule has 0 saturated heterocycles. The van der Waals surface area contributed by atoms with Gasteiger partial charge in [0.1, 0.15) is 5.82 Å². The molecule has 0 spiro atoms. The van der Waals surface area contributed by atoms with Crippen LogP contribution in [0.2, 0.25) is 0 Å². The number of benzene rings is 3. The van der Waals surface area contributed by atoms with E-state index in [9.17, 15) is 14.0 Å². The molecule has 0 fully saturated rings. The molecule has 2 N–H and O–H groups in total. The lowest BCUT2D eigenvalue weighted by Crippen LogP contribution is -2.17. The minimum atomic E-state index is -0.542. The molecule has 1 aliphatic rings. The Labute approximate surface area is 175 Å². The number of rotatable bonds is 6. The molecule has 0 radical (unpaired) electrons. The number of amides is 2. The molecule has 152 valence electrons. The third kappa shape index (κ3) is 4.74. The lowest BCUT2D eigenvalue weighted by Gasteiger charge is -2.13. The second-order valence-corrected chi connectivity index (χ2v) is 7.59. The van der Waals surface area contributed by atoms with Gasteiger partial charge < -0.3 is 10.6 Å². The van der Waals surface area contributed by atoms with E-state index in [1.54, 1.807) is 0 Å². The van der Waals surface area contributed by atoms with Gasteiger partial charge in [0, 0.05) is 12.1 Å². The van der Waals surface area contributed by atoms with Crippen molar-refractivity contribution < 1.29 is 14.0 Å². The smallest absolute Gasteiger partial charge is 0.228 e. The highest BCUT2D eigenvalue weighted by atomic mass is 19.1. The van der Waals surface area contributed by atoms with Gasteiger partial charge in [-0.3, -0.25) is 9.59 Å². The zero-order chi connectivity index (χ0) is 20.9. The summed E-state index contributed by atoms with van der Waals surface area (Å²) in [5.74, 6) is -0.776. The van der Waals surface area contributed by atoms with Gasteiger partial charge in [0.2, 0.25) is 11.8 Å². The van der Waals surface area contributed by atoms with E-state index in [0.717, 1.165) is 18.4 Å². The highest BCUT2D eigenvalue weighted by Gasteiger charge is 2.24. The Hall–Kier alpha value is -3.47. The monoisotopic (exact) mass is 402 g/mol. The maximum absolute atomic E-state index is 14.2. The fourth-order valence-electron chi connectivity index (χ4n) is 3.97. The minimum absolute atomic E-state index is 0.0555. The Morgan fingerprint density at radius 3 is 2.50 bits per heavy atom. The zero-order valence-electron chi connectivity index (χ0n) is 16.5. The summed E-state index contributed by atoms with van der Waals surface area (Å²) in [4.78, 5) is 24.8. The van der Waals surface area contributed by atoms with Crippen LogP contribution in [-0.2, 0) is 22.4 Å². The third-order valence-corrected chi connectivity index (χ3v) is 5.42. The van der Waals surface area contributed by atoms with Crippen molar-refractivity contribution >= 4 is 23.2 Å². The minimum Gasteiger partial charge on any atom is -0.326 e. The van der Waals surface area contributed by atoms with Gasteiger partial charge in [0.25, 0.3) is 0 Å². The van der Waals surface area contributed by atoms with Crippen LogP contribution in [-0.4, -0.2) is 11.8 Å². The molecule has 0 aliphatic heterocycles. The first-order valence-corrected chi connectivity index (χ1v) is 10.1. The summed E-state index contributed by atoms with van der Waals surface area (Å²) >= 11 is 0. The average molecular weight is 402 g/mol. The van der Waals surface area contributed by atoms with E-state index in [2.05, 4.69) is 22.8 Å². The Morgan fingerprint density at radius 1 is 0.900 bits per heavy atom. The maximum atomic E-state index is 14.2. The second kappa shape index (κ2) is 8.91. The normalized spacial score (nSPS) is 14.8. The van der Waals surface area contributed by atoms with Crippen LogP contribution >= 0.6 is 0 Å². The van der Waals surface area contributed by atoms with Gasteiger partial charge in [-0.1, -0.05) is 54.6 Å². The van der Waals surface area contributed by atoms with Gasteiger partial charge in [-0.2, -0.15) is 0 Å². The van der Waals surface area contributed by atoms with Crippen LogP contribution in [0.15, 0.2) is 72.8 Å². The van der Waals surface area contributed by atoms with E-state index in [1.807, 2.05) is 42.5 Å². The molecular formula is C25H23FN2O2. The van der Waals surface area contributed by atoms with Crippen LogP contribution in [0.1, 0.15) is 35.4 Å². The van der Waals surface area contributed by atoms with Crippen molar-refractivity contribution in [3.05, 3.63) is 95.3 Å². The molecule has 1 atom stereocenters. The van der Waals surface area contributed by atoms with Crippen LogP contribution in [0.5, 0.6) is 0 Å². The molecule has 3 aromatic carbocycles. The highest BCUT2D eigenvalue weighted by Crippen LogP contribution is 2.35. The third-order valence-electron chi connectivity index (χ3n) is 5.42. The summed E-state index contributed by atoms with van der Waals surface area (Å²) < 4.78 is 14.2. The maximum Gasteiger partial charge on any atom is 0.228 e. The van der Waals surface area contributed by atoms with Crippen molar-refractivity contribution in [2.75, 3.05) is 10.6 Å². The predicted octanol–water partition coefficient (Wildman–Crippen LogP) is 5.07. The number of halogens is 1. The van der Waals surface area contributed by atoms with Crippen LogP contribution in [0, 0.1) is 5.82 Å². The molecule has 2 amide bonds. The molecule has 0 saturated carbocycles. The molecule has 5 heteroatoms. The number of carbonyl (C=O) groups is 2. The quantitative estimate of drug-likeness (QED) is 0.605. The molecule has 1 unspecified atom stereocenters. The van der Waals surface area contributed by atoms with Crippen LogP contribution < -0.4 is 10.6 Å². The van der Waals surface area contributed by atoms with Crippen molar-refractivity contribution in [1.82, 2.24) is 0 Å². The first-order chi connectivity index (χ1) is 14.6. The van der Waals surface area contributed by atoms with Crippen LogP contribution in [0.4, 0.5) is 15.8 Å². The molecule has 3 aromatic rings. The van der Waals surface area contributed by atoms with Gasteiger partial charge >= 0.3 is 0 Å². The summed E-state index contributed by atoms with van der Waals surface area (Å²) in [6, 6.07) is 21.7. The van der Waals surface area contributed by atoms with E-state index in [-0.39, 0.29) is 29.8 Å². The summed E-state index contributed by atoms with van der Waals surface area (Å²) in [5, 5.41) is 5.43. The summed E-state index contributed by atoms with van der Waals surface area (Å²) in [6.07, 6.45) is 2.47. The number of hydrogen-bond acceptors (Lipinski definition) is 2. The molecule has 30 heavy (non-hydrogen) atoms. The van der Waals surface area contributed by atoms with Crippen molar-refractivity contribution in [3.63, 3.8) is 0 Å². The van der Waals surface area contributed by atoms with E-state index in [0.29, 0.717) is 12.1 Å². The SMILES string of the molecule is O=C(CC1CCc2ccccc21)Nc1ccc(F)c(NC(=O)Cc2ccccc2)c1. The molecule has 0 heterocycles. The lowest BCUT2D eigenvalue weighted by atomic mass is 9.97. The van der Waals surface area contributed by atoms with Gasteiger partial charge in [0.15, 0.2) is 0 Å². The Balaban J connectivity index is 1.38. The van der Waals surface area contributed by atoms with Crippen molar-refractivity contribution in [1.29, 1.82) is 0 Å². The summed E-state index contributed by atoms with van der Waals surface area (Å²) in [6.45, 7) is 0. The van der Waals surface area contributed by atoms with E-state index >= 15 is 0 Å². The Morgan fingerprint density at radius 2 is 1.67 bits per heavy atom. The fraction of sp³-hybridized carbons (Fsp3) is 0.200. The lowest BCUT2D eigenvalue weighted by molar-refractivity contribution is -0.117. The van der Waals surface area contributed by atoms with Crippen LogP contribution in [0.25, 0.3) is 0 Å². The standard InChI is InChI=1S/C25H23FN2O2/c26-22-13-12-20(16-23(22)28-24(29)14-17-6-2-1-3-7-17)27-25(30)15-19-11-10-18-8-4-5-9-21(18)19/h1-9,12-13,16,19H,10-11,14-15H2,(H,27,30)(H,28,29). The number of hydrogen-bond donors (Lipinski definition) is 2. The predicted molar refractivity (Wildman–Crippen MR) is 116 cm³/mol. The molecule has 1 aliphatic carbocycles. The van der Waals surface area contributed by atoms with Crippen LogP contribution in [0.3, 0.4) is 0 Å². The highest BCUT2D eigenvalue weighted by molar-refractivity contribution is 5.95. The topological polar surface area (TPSA) is 58.2 Å². The van der Waals surface area contributed by atoms with Gasteiger partial charge in [0.05, 0.1) is 12.1 Å². The van der Waals surface area contributed by atoms with E-state index < -0.39 is 5.82 Å². The molecule has 0 bridgehead atoms. The van der Waals surface area contributed by atoms with Gasteiger partial charge in [-0.05, 0) is 53.6 Å². The first kappa shape index (κ1) is 19.8. The fourth-order valence-corrected chi connectivity index (χ4v) is 3.97. The number of anilines is 2.